The van der Waals surface area contributed by atoms with Crippen LogP contribution in [-0.2, 0) is 14.8 Å². The minimum atomic E-state index is -5.08. The van der Waals surface area contributed by atoms with Crippen molar-refractivity contribution in [1.29, 1.82) is 0 Å². The number of rotatable bonds is 1. The summed E-state index contributed by atoms with van der Waals surface area (Å²) in [7, 11) is -3.60. The van der Waals surface area contributed by atoms with Crippen LogP contribution < -0.4 is 5.14 Å². The molecule has 0 aliphatic carbocycles. The van der Waals surface area contributed by atoms with Crippen LogP contribution in [-0.4, -0.2) is 35.6 Å². The van der Waals surface area contributed by atoms with Crippen LogP contribution in [0, 0.1) is 0 Å². The number of aromatic amines is 1. The van der Waals surface area contributed by atoms with Gasteiger partial charge >= 0.3 is 12.1 Å². The summed E-state index contributed by atoms with van der Waals surface area (Å²) in [6.45, 7) is 0. The van der Waals surface area contributed by atoms with E-state index in [2.05, 4.69) is 9.97 Å². The molecule has 16 heavy (non-hydrogen) atoms. The molecule has 0 aliphatic rings. The second kappa shape index (κ2) is 4.94. The minimum Gasteiger partial charge on any atom is -0.475 e. The summed E-state index contributed by atoms with van der Waals surface area (Å²) in [4.78, 5) is 14.8. The van der Waals surface area contributed by atoms with Crippen LogP contribution in [0.1, 0.15) is 0 Å². The van der Waals surface area contributed by atoms with E-state index in [1.165, 1.54) is 12.5 Å². The van der Waals surface area contributed by atoms with Gasteiger partial charge in [0.2, 0.25) is 0 Å². The Bertz CT molecular complexity index is 438. The van der Waals surface area contributed by atoms with Gasteiger partial charge in [-0.15, -0.1) is 0 Å². The summed E-state index contributed by atoms with van der Waals surface area (Å²) in [6.07, 6.45) is -2.62. The van der Waals surface area contributed by atoms with Crippen LogP contribution in [0.15, 0.2) is 17.6 Å². The zero-order chi connectivity index (χ0) is 13.0. The molecule has 0 atom stereocenters. The van der Waals surface area contributed by atoms with Gasteiger partial charge in [-0.2, -0.15) is 13.2 Å². The second-order valence-electron chi connectivity index (χ2n) is 2.26. The molecule has 92 valence electrons. The van der Waals surface area contributed by atoms with Crippen molar-refractivity contribution >= 4 is 16.0 Å². The van der Waals surface area contributed by atoms with Crippen molar-refractivity contribution in [2.24, 2.45) is 5.14 Å². The number of carboxylic acids is 1. The lowest BCUT2D eigenvalue weighted by molar-refractivity contribution is -0.192. The topological polar surface area (TPSA) is 126 Å². The van der Waals surface area contributed by atoms with E-state index in [1.807, 2.05) is 0 Å². The first-order valence-electron chi connectivity index (χ1n) is 3.37. The smallest absolute Gasteiger partial charge is 0.475 e. The zero-order valence-electron chi connectivity index (χ0n) is 7.39. The molecular formula is C5H6F3N3O4S. The zero-order valence-corrected chi connectivity index (χ0v) is 8.21. The highest BCUT2D eigenvalue weighted by atomic mass is 32.2. The van der Waals surface area contributed by atoms with Gasteiger partial charge in [0.15, 0.2) is 5.03 Å². The summed E-state index contributed by atoms with van der Waals surface area (Å²) >= 11 is 0. The number of halogens is 3. The highest BCUT2D eigenvalue weighted by molar-refractivity contribution is 7.89. The molecular weight excluding hydrogens is 255 g/mol. The molecule has 1 rings (SSSR count). The third-order valence-corrected chi connectivity index (χ3v) is 1.81. The standard InChI is InChI=1S/C3H5N3O2S.C2HF3O2/c4-9(7,8)3-1-5-2-6-3;3-2(4,5)1(6)7/h1-2H,(H,5,6)(H2,4,7,8);(H,6,7). The van der Waals surface area contributed by atoms with E-state index in [4.69, 9.17) is 15.0 Å². The summed E-state index contributed by atoms with van der Waals surface area (Å²) in [5.74, 6) is -2.76. The van der Waals surface area contributed by atoms with Gasteiger partial charge in [-0.1, -0.05) is 0 Å². The average Bonchev–Trinajstić information content (AvgIpc) is 2.52. The van der Waals surface area contributed by atoms with Gasteiger partial charge in [-0.3, -0.25) is 0 Å². The van der Waals surface area contributed by atoms with Crippen molar-refractivity contribution in [3.05, 3.63) is 12.5 Å². The number of H-pyrrole nitrogens is 1. The predicted molar refractivity (Wildman–Crippen MR) is 43.7 cm³/mol. The van der Waals surface area contributed by atoms with Crippen molar-refractivity contribution in [2.45, 2.75) is 11.2 Å². The number of aliphatic carboxylic acids is 1. The number of imidazole rings is 1. The van der Waals surface area contributed by atoms with Gasteiger partial charge in [-0.05, 0) is 0 Å². The third kappa shape index (κ3) is 5.31. The lowest BCUT2D eigenvalue weighted by Crippen LogP contribution is -2.21. The maximum Gasteiger partial charge on any atom is 0.490 e. The minimum absolute atomic E-state index is 0.137. The monoisotopic (exact) mass is 261 g/mol. The Labute approximate surface area is 87.1 Å². The Morgan fingerprint density at radius 3 is 2.06 bits per heavy atom. The maximum absolute atomic E-state index is 10.6. The van der Waals surface area contributed by atoms with Crippen molar-refractivity contribution < 1.29 is 31.5 Å². The number of primary sulfonamides is 1. The van der Waals surface area contributed by atoms with Crippen LogP contribution in [0.2, 0.25) is 0 Å². The quantitative estimate of drug-likeness (QED) is 0.639. The number of aromatic nitrogens is 2. The average molecular weight is 261 g/mol. The summed E-state index contributed by atoms with van der Waals surface area (Å²) in [5, 5.41) is 11.7. The Balaban J connectivity index is 0.000000293. The molecule has 0 saturated carbocycles. The largest absolute Gasteiger partial charge is 0.490 e. The molecule has 7 nitrogen and oxygen atoms in total. The van der Waals surface area contributed by atoms with Crippen molar-refractivity contribution in [1.82, 2.24) is 9.97 Å². The first-order valence-corrected chi connectivity index (χ1v) is 4.91. The maximum atomic E-state index is 10.6. The van der Waals surface area contributed by atoms with Crippen molar-refractivity contribution in [2.75, 3.05) is 0 Å². The Hall–Kier alpha value is -1.62. The third-order valence-electron chi connectivity index (χ3n) is 1.01. The van der Waals surface area contributed by atoms with Crippen molar-refractivity contribution in [3.8, 4) is 0 Å². The van der Waals surface area contributed by atoms with Crippen LogP contribution in [0.4, 0.5) is 13.2 Å². The number of nitrogens with zero attached hydrogens (tertiary/aromatic N) is 1. The van der Waals surface area contributed by atoms with Gasteiger partial charge in [0.05, 0.1) is 6.33 Å². The molecule has 1 aromatic rings. The number of alkyl halides is 3. The highest BCUT2D eigenvalue weighted by Gasteiger charge is 2.38. The van der Waals surface area contributed by atoms with Gasteiger partial charge < -0.3 is 10.1 Å². The number of sulfonamides is 1. The van der Waals surface area contributed by atoms with E-state index >= 15 is 0 Å². The van der Waals surface area contributed by atoms with Gasteiger partial charge in [0, 0.05) is 6.20 Å². The summed E-state index contributed by atoms with van der Waals surface area (Å²) in [5.41, 5.74) is 0. The Kier molecular flexibility index (Phi) is 4.44. The molecule has 0 spiro atoms. The molecule has 0 amide bonds. The van der Waals surface area contributed by atoms with E-state index in [-0.39, 0.29) is 5.03 Å². The van der Waals surface area contributed by atoms with E-state index in [1.54, 1.807) is 0 Å². The molecule has 4 N–H and O–H groups in total. The van der Waals surface area contributed by atoms with Crippen LogP contribution in [0.5, 0.6) is 0 Å². The lowest BCUT2D eigenvalue weighted by Gasteiger charge is -1.93. The molecule has 0 radical (unpaired) electrons. The van der Waals surface area contributed by atoms with Gasteiger partial charge in [-0.25, -0.2) is 23.3 Å². The molecule has 0 unspecified atom stereocenters. The molecule has 0 aliphatic heterocycles. The first kappa shape index (κ1) is 14.4. The molecule has 0 fully saturated rings. The molecule has 0 saturated heterocycles. The predicted octanol–water partition coefficient (Wildman–Crippen LogP) is -0.310. The van der Waals surface area contributed by atoms with Crippen LogP contribution in [0.25, 0.3) is 0 Å². The number of hydrogen-bond acceptors (Lipinski definition) is 4. The van der Waals surface area contributed by atoms with Crippen LogP contribution >= 0.6 is 0 Å². The first-order chi connectivity index (χ1) is 7.05. The van der Waals surface area contributed by atoms with Gasteiger partial charge in [0.25, 0.3) is 10.0 Å². The number of carbonyl (C=O) groups is 1. The number of hydrogen-bond donors (Lipinski definition) is 3. The lowest BCUT2D eigenvalue weighted by atomic mass is 10.7. The number of nitrogens with two attached hydrogens (primary N) is 1. The molecule has 0 aromatic carbocycles. The number of carboxylic acid groups (broad SMARTS) is 1. The molecule has 11 heteroatoms. The van der Waals surface area contributed by atoms with Gasteiger partial charge in [0.1, 0.15) is 0 Å². The van der Waals surface area contributed by atoms with E-state index in [0.717, 1.165) is 0 Å². The van der Waals surface area contributed by atoms with Crippen LogP contribution in [0.3, 0.4) is 0 Å². The van der Waals surface area contributed by atoms with Crippen molar-refractivity contribution in [3.63, 3.8) is 0 Å². The van der Waals surface area contributed by atoms with E-state index in [0.29, 0.717) is 0 Å². The molecule has 1 aromatic heterocycles. The second-order valence-corrected chi connectivity index (χ2v) is 3.76. The fraction of sp³-hybridized carbons (Fsp3) is 0.200. The Morgan fingerprint density at radius 2 is 1.94 bits per heavy atom. The fourth-order valence-electron chi connectivity index (χ4n) is 0.402. The fourth-order valence-corrected chi connectivity index (χ4v) is 0.834. The normalized spacial score (nSPS) is 11.5. The Morgan fingerprint density at radius 1 is 1.50 bits per heavy atom. The summed E-state index contributed by atoms with van der Waals surface area (Å²) < 4.78 is 52.5. The van der Waals surface area contributed by atoms with E-state index < -0.39 is 22.2 Å². The molecule has 0 bridgehead atoms. The highest BCUT2D eigenvalue weighted by Crippen LogP contribution is 2.13. The van der Waals surface area contributed by atoms with E-state index in [9.17, 15) is 21.6 Å². The number of nitrogens with one attached hydrogen (secondary N) is 1. The SMILES string of the molecule is NS(=O)(=O)c1c[nH]cn1.O=C(O)C(F)(F)F. The summed E-state index contributed by atoms with van der Waals surface area (Å²) in [6, 6.07) is 0. The molecule has 1 heterocycles.